The molecule has 19 heavy (non-hydrogen) atoms. The second kappa shape index (κ2) is 6.74. The summed E-state index contributed by atoms with van der Waals surface area (Å²) < 4.78 is 0. The van der Waals surface area contributed by atoms with Crippen molar-refractivity contribution >= 4 is 5.91 Å². The highest BCUT2D eigenvalue weighted by molar-refractivity contribution is 5.79. The van der Waals surface area contributed by atoms with Crippen molar-refractivity contribution in [3.63, 3.8) is 0 Å². The molecule has 3 nitrogen and oxygen atoms in total. The van der Waals surface area contributed by atoms with Crippen LogP contribution in [0.2, 0.25) is 0 Å². The van der Waals surface area contributed by atoms with Gasteiger partial charge in [0.1, 0.15) is 0 Å². The van der Waals surface area contributed by atoms with Crippen LogP contribution in [0, 0.1) is 0 Å². The Hall–Kier alpha value is -0.570. The van der Waals surface area contributed by atoms with Crippen molar-refractivity contribution in [3.05, 3.63) is 0 Å². The van der Waals surface area contributed by atoms with Gasteiger partial charge in [-0.05, 0) is 53.0 Å². The standard InChI is InChI=1S/C16H30N2O/c1-13-8-7-9-14(2)18(13)16(19)12-17(3)15-10-5-4-6-11-15/h13-15H,4-12H2,1-3H3. The number of carbonyl (C=O) groups excluding carboxylic acids is 1. The Morgan fingerprint density at radius 1 is 1.00 bits per heavy atom. The Bertz CT molecular complexity index is 289. The summed E-state index contributed by atoms with van der Waals surface area (Å²) in [7, 11) is 2.13. The summed E-state index contributed by atoms with van der Waals surface area (Å²) in [6, 6.07) is 1.49. The number of amides is 1. The monoisotopic (exact) mass is 266 g/mol. The van der Waals surface area contributed by atoms with Crippen LogP contribution >= 0.6 is 0 Å². The van der Waals surface area contributed by atoms with Crippen LogP contribution in [0.15, 0.2) is 0 Å². The third kappa shape index (κ3) is 3.71. The van der Waals surface area contributed by atoms with Crippen molar-refractivity contribution in [2.45, 2.75) is 83.3 Å². The molecule has 0 N–H and O–H groups in total. The van der Waals surface area contributed by atoms with Gasteiger partial charge in [-0.15, -0.1) is 0 Å². The lowest BCUT2D eigenvalue weighted by Crippen LogP contribution is -2.51. The summed E-state index contributed by atoms with van der Waals surface area (Å²) in [5, 5.41) is 0. The van der Waals surface area contributed by atoms with Gasteiger partial charge < -0.3 is 4.90 Å². The summed E-state index contributed by atoms with van der Waals surface area (Å²) in [4.78, 5) is 17.0. The Balaban J connectivity index is 1.88. The van der Waals surface area contributed by atoms with Gasteiger partial charge in [0.2, 0.25) is 5.91 Å². The lowest BCUT2D eigenvalue weighted by atomic mass is 9.94. The van der Waals surface area contributed by atoms with E-state index < -0.39 is 0 Å². The first-order chi connectivity index (χ1) is 9.09. The summed E-state index contributed by atoms with van der Waals surface area (Å²) >= 11 is 0. The van der Waals surface area contributed by atoms with E-state index in [-0.39, 0.29) is 0 Å². The van der Waals surface area contributed by atoms with Gasteiger partial charge in [-0.2, -0.15) is 0 Å². The maximum atomic E-state index is 12.6. The fourth-order valence-corrected chi connectivity index (χ4v) is 3.86. The molecular weight excluding hydrogens is 236 g/mol. The lowest BCUT2D eigenvalue weighted by Gasteiger charge is -2.41. The zero-order valence-electron chi connectivity index (χ0n) is 12.9. The van der Waals surface area contributed by atoms with E-state index in [4.69, 9.17) is 0 Å². The van der Waals surface area contributed by atoms with Crippen molar-refractivity contribution < 1.29 is 4.79 Å². The Morgan fingerprint density at radius 3 is 2.16 bits per heavy atom. The first kappa shape index (κ1) is 14.8. The van der Waals surface area contributed by atoms with Crippen molar-refractivity contribution in [1.82, 2.24) is 9.80 Å². The first-order valence-corrected chi connectivity index (χ1v) is 8.11. The molecule has 1 aliphatic carbocycles. The van der Waals surface area contributed by atoms with E-state index in [0.29, 0.717) is 30.6 Å². The van der Waals surface area contributed by atoms with Crippen molar-refractivity contribution in [2.24, 2.45) is 0 Å². The van der Waals surface area contributed by atoms with Gasteiger partial charge in [0.05, 0.1) is 6.54 Å². The predicted molar refractivity (Wildman–Crippen MR) is 79.1 cm³/mol. The molecule has 0 aromatic rings. The molecule has 0 aromatic heterocycles. The number of hydrogen-bond donors (Lipinski definition) is 0. The molecule has 1 heterocycles. The largest absolute Gasteiger partial charge is 0.336 e. The molecule has 3 heteroatoms. The number of likely N-dealkylation sites (tertiary alicyclic amines) is 1. The third-order valence-corrected chi connectivity index (χ3v) is 5.06. The second-order valence-electron chi connectivity index (χ2n) is 6.64. The van der Waals surface area contributed by atoms with E-state index >= 15 is 0 Å². The molecule has 1 amide bonds. The van der Waals surface area contributed by atoms with Crippen LogP contribution in [0.3, 0.4) is 0 Å². The topological polar surface area (TPSA) is 23.6 Å². The fourth-order valence-electron chi connectivity index (χ4n) is 3.86. The predicted octanol–water partition coefficient (Wildman–Crippen LogP) is 3.04. The van der Waals surface area contributed by atoms with Gasteiger partial charge >= 0.3 is 0 Å². The third-order valence-electron chi connectivity index (χ3n) is 5.06. The molecule has 110 valence electrons. The van der Waals surface area contributed by atoms with Gasteiger partial charge in [-0.25, -0.2) is 0 Å². The van der Waals surface area contributed by atoms with Gasteiger partial charge in [-0.1, -0.05) is 19.3 Å². The van der Waals surface area contributed by atoms with Gasteiger partial charge in [0.15, 0.2) is 0 Å². The maximum absolute atomic E-state index is 12.6. The molecule has 2 atom stereocenters. The highest BCUT2D eigenvalue weighted by Crippen LogP contribution is 2.24. The summed E-state index contributed by atoms with van der Waals surface area (Å²) in [6.45, 7) is 5.02. The van der Waals surface area contributed by atoms with Crippen LogP contribution in [0.4, 0.5) is 0 Å². The molecule has 0 bridgehead atoms. The van der Waals surface area contributed by atoms with Gasteiger partial charge in [-0.3, -0.25) is 9.69 Å². The quantitative estimate of drug-likeness (QED) is 0.784. The van der Waals surface area contributed by atoms with Crippen LogP contribution in [0.25, 0.3) is 0 Å². The van der Waals surface area contributed by atoms with Gasteiger partial charge in [0, 0.05) is 18.1 Å². The lowest BCUT2D eigenvalue weighted by molar-refractivity contribution is -0.138. The van der Waals surface area contributed by atoms with Crippen LogP contribution < -0.4 is 0 Å². The van der Waals surface area contributed by atoms with Crippen LogP contribution in [0.5, 0.6) is 0 Å². The van der Waals surface area contributed by atoms with E-state index in [1.54, 1.807) is 0 Å². The molecule has 2 aliphatic rings. The number of piperidine rings is 1. The highest BCUT2D eigenvalue weighted by Gasteiger charge is 2.30. The minimum atomic E-state index is 0.341. The zero-order chi connectivity index (χ0) is 13.8. The number of hydrogen-bond acceptors (Lipinski definition) is 2. The van der Waals surface area contributed by atoms with Crippen molar-refractivity contribution in [1.29, 1.82) is 0 Å². The second-order valence-corrected chi connectivity index (χ2v) is 6.64. The summed E-state index contributed by atoms with van der Waals surface area (Å²) in [6.07, 6.45) is 10.2. The Kier molecular flexibility index (Phi) is 5.26. The molecule has 2 rings (SSSR count). The summed E-state index contributed by atoms with van der Waals surface area (Å²) in [5.41, 5.74) is 0. The number of nitrogens with zero attached hydrogens (tertiary/aromatic N) is 2. The van der Waals surface area contributed by atoms with E-state index in [9.17, 15) is 4.79 Å². The van der Waals surface area contributed by atoms with E-state index in [2.05, 4.69) is 30.7 Å². The average molecular weight is 266 g/mol. The number of carbonyl (C=O) groups is 1. The van der Waals surface area contributed by atoms with E-state index in [1.807, 2.05) is 0 Å². The minimum absolute atomic E-state index is 0.341. The summed E-state index contributed by atoms with van der Waals surface area (Å²) in [5.74, 6) is 0.341. The average Bonchev–Trinajstić information content (AvgIpc) is 2.39. The Labute approximate surface area is 118 Å². The van der Waals surface area contributed by atoms with Crippen molar-refractivity contribution in [2.75, 3.05) is 13.6 Å². The molecule has 2 fully saturated rings. The smallest absolute Gasteiger partial charge is 0.237 e. The van der Waals surface area contributed by atoms with Crippen LogP contribution in [-0.4, -0.2) is 47.4 Å². The van der Waals surface area contributed by atoms with E-state index in [0.717, 1.165) is 0 Å². The minimum Gasteiger partial charge on any atom is -0.336 e. The molecule has 2 unspecified atom stereocenters. The molecular formula is C16H30N2O. The highest BCUT2D eigenvalue weighted by atomic mass is 16.2. The molecule has 0 spiro atoms. The number of rotatable bonds is 3. The van der Waals surface area contributed by atoms with Gasteiger partial charge in [0.25, 0.3) is 0 Å². The van der Waals surface area contributed by atoms with E-state index in [1.165, 1.54) is 51.4 Å². The molecule has 1 aliphatic heterocycles. The zero-order valence-corrected chi connectivity index (χ0v) is 12.9. The molecule has 1 saturated heterocycles. The normalized spacial score (nSPS) is 29.8. The van der Waals surface area contributed by atoms with Crippen molar-refractivity contribution in [3.8, 4) is 0 Å². The van der Waals surface area contributed by atoms with Crippen LogP contribution in [0.1, 0.15) is 65.2 Å². The SMILES string of the molecule is CC1CCCC(C)N1C(=O)CN(C)C1CCCCC1. The number of likely N-dealkylation sites (N-methyl/N-ethyl adjacent to an activating group) is 1. The first-order valence-electron chi connectivity index (χ1n) is 8.11. The maximum Gasteiger partial charge on any atom is 0.237 e. The molecule has 0 aromatic carbocycles. The molecule has 1 saturated carbocycles. The Morgan fingerprint density at radius 2 is 1.58 bits per heavy atom. The molecule has 0 radical (unpaired) electrons. The van der Waals surface area contributed by atoms with Crippen LogP contribution in [-0.2, 0) is 4.79 Å². The fraction of sp³-hybridized carbons (Fsp3) is 0.938.